The molecule has 1 aromatic rings. The van der Waals surface area contributed by atoms with Gasteiger partial charge in [-0.05, 0) is 56.8 Å². The molecule has 124 valence electrons. The molecule has 0 saturated heterocycles. The number of aliphatic hydroxyl groups is 1. The highest BCUT2D eigenvalue weighted by atomic mass is 16.5. The summed E-state index contributed by atoms with van der Waals surface area (Å²) in [6.07, 6.45) is 1.08. The van der Waals surface area contributed by atoms with Crippen LogP contribution >= 0.6 is 0 Å². The maximum atomic E-state index is 10.3. The first kappa shape index (κ1) is 17.1. The lowest BCUT2D eigenvalue weighted by molar-refractivity contribution is 0.104. The number of hydrogen-bond acceptors (Lipinski definition) is 4. The van der Waals surface area contributed by atoms with Crippen molar-refractivity contribution in [1.29, 1.82) is 0 Å². The van der Waals surface area contributed by atoms with E-state index in [0.717, 1.165) is 36.5 Å². The van der Waals surface area contributed by atoms with E-state index in [1.807, 2.05) is 12.1 Å². The first-order valence-corrected chi connectivity index (χ1v) is 8.28. The lowest BCUT2D eigenvalue weighted by Gasteiger charge is -2.42. The van der Waals surface area contributed by atoms with E-state index < -0.39 is 6.10 Å². The molecule has 4 nitrogen and oxygen atoms in total. The Morgan fingerprint density at radius 1 is 1.36 bits per heavy atom. The predicted octanol–water partition coefficient (Wildman–Crippen LogP) is 3.09. The Hall–Kier alpha value is -1.26. The monoisotopic (exact) mass is 306 g/mol. The van der Waals surface area contributed by atoms with E-state index in [0.29, 0.717) is 18.9 Å². The topological polar surface area (TPSA) is 58.7 Å². The second kappa shape index (κ2) is 6.88. The summed E-state index contributed by atoms with van der Waals surface area (Å²) < 4.78 is 6.10. The quantitative estimate of drug-likeness (QED) is 0.848. The molecular formula is C18H30N2O2. The van der Waals surface area contributed by atoms with Crippen LogP contribution in [0.5, 0.6) is 5.75 Å². The number of hydrogen-bond donors (Lipinski definition) is 2. The standard InChI is InChI=1S/C18H30N2O2/c1-13(2)11-20-12-18(3,4)22-17-8-7-14(10-15(17)20)16(21)6-5-9-19/h7-8,10,13,16,21H,5-6,9,11-12,19H2,1-4H3. The van der Waals surface area contributed by atoms with Crippen molar-refractivity contribution in [2.75, 3.05) is 24.5 Å². The van der Waals surface area contributed by atoms with Gasteiger partial charge in [0.15, 0.2) is 0 Å². The number of anilines is 1. The van der Waals surface area contributed by atoms with Gasteiger partial charge >= 0.3 is 0 Å². The summed E-state index contributed by atoms with van der Waals surface area (Å²) >= 11 is 0. The highest BCUT2D eigenvalue weighted by Crippen LogP contribution is 2.39. The van der Waals surface area contributed by atoms with Crippen LogP contribution in [0.25, 0.3) is 0 Å². The van der Waals surface area contributed by atoms with Crippen LogP contribution in [0, 0.1) is 5.92 Å². The third-order valence-corrected chi connectivity index (χ3v) is 3.93. The van der Waals surface area contributed by atoms with Crippen molar-refractivity contribution < 1.29 is 9.84 Å². The van der Waals surface area contributed by atoms with E-state index in [1.165, 1.54) is 0 Å². The molecule has 1 unspecified atom stereocenters. The summed E-state index contributed by atoms with van der Waals surface area (Å²) in [6, 6.07) is 6.04. The maximum absolute atomic E-state index is 10.3. The molecule has 0 aromatic heterocycles. The van der Waals surface area contributed by atoms with E-state index in [2.05, 4.69) is 38.7 Å². The fraction of sp³-hybridized carbons (Fsp3) is 0.667. The fourth-order valence-corrected chi connectivity index (χ4v) is 3.03. The maximum Gasteiger partial charge on any atom is 0.143 e. The zero-order chi connectivity index (χ0) is 16.3. The molecule has 0 aliphatic carbocycles. The molecule has 0 fully saturated rings. The van der Waals surface area contributed by atoms with Crippen LogP contribution < -0.4 is 15.4 Å². The number of ether oxygens (including phenoxy) is 1. The van der Waals surface area contributed by atoms with Gasteiger partial charge in [0.1, 0.15) is 11.4 Å². The molecule has 0 spiro atoms. The molecule has 2 rings (SSSR count). The SMILES string of the molecule is CC(C)CN1CC(C)(C)Oc2ccc(C(O)CCCN)cc21. The van der Waals surface area contributed by atoms with Crippen molar-refractivity contribution >= 4 is 5.69 Å². The van der Waals surface area contributed by atoms with Crippen molar-refractivity contribution in [2.24, 2.45) is 11.7 Å². The normalized spacial score (nSPS) is 18.0. The predicted molar refractivity (Wildman–Crippen MR) is 91.4 cm³/mol. The number of nitrogens with zero attached hydrogens (tertiary/aromatic N) is 1. The number of rotatable bonds is 6. The first-order valence-electron chi connectivity index (χ1n) is 8.28. The molecule has 1 aromatic carbocycles. The van der Waals surface area contributed by atoms with E-state index in [9.17, 15) is 5.11 Å². The lowest BCUT2D eigenvalue weighted by Crippen LogP contribution is -2.48. The number of fused-ring (bicyclic) bond motifs is 1. The lowest BCUT2D eigenvalue weighted by atomic mass is 9.99. The van der Waals surface area contributed by atoms with Crippen LogP contribution in [0.15, 0.2) is 18.2 Å². The van der Waals surface area contributed by atoms with Crippen molar-refractivity contribution in [3.05, 3.63) is 23.8 Å². The third kappa shape index (κ3) is 4.14. The summed E-state index contributed by atoms with van der Waals surface area (Å²) in [7, 11) is 0. The fourth-order valence-electron chi connectivity index (χ4n) is 3.03. The van der Waals surface area contributed by atoms with Gasteiger partial charge < -0.3 is 20.5 Å². The number of benzene rings is 1. The van der Waals surface area contributed by atoms with Crippen LogP contribution in [0.2, 0.25) is 0 Å². The van der Waals surface area contributed by atoms with Gasteiger partial charge in [-0.25, -0.2) is 0 Å². The number of aliphatic hydroxyl groups excluding tert-OH is 1. The summed E-state index contributed by atoms with van der Waals surface area (Å²) in [5.41, 5.74) is 7.38. The van der Waals surface area contributed by atoms with E-state index >= 15 is 0 Å². The molecular weight excluding hydrogens is 276 g/mol. The molecule has 1 heterocycles. The van der Waals surface area contributed by atoms with Crippen molar-refractivity contribution in [1.82, 2.24) is 0 Å². The highest BCUT2D eigenvalue weighted by molar-refractivity contribution is 5.62. The van der Waals surface area contributed by atoms with E-state index in [4.69, 9.17) is 10.5 Å². The third-order valence-electron chi connectivity index (χ3n) is 3.93. The van der Waals surface area contributed by atoms with E-state index in [-0.39, 0.29) is 5.60 Å². The van der Waals surface area contributed by atoms with Gasteiger partial charge in [0.25, 0.3) is 0 Å². The van der Waals surface area contributed by atoms with Gasteiger partial charge in [0.05, 0.1) is 18.3 Å². The number of nitrogens with two attached hydrogens (primary N) is 1. The molecule has 0 amide bonds. The Balaban J connectivity index is 2.28. The summed E-state index contributed by atoms with van der Waals surface area (Å²) in [5, 5.41) is 10.3. The molecule has 3 N–H and O–H groups in total. The second-order valence-electron chi connectivity index (χ2n) is 7.31. The Labute approximate surface area is 134 Å². The Morgan fingerprint density at radius 2 is 2.09 bits per heavy atom. The van der Waals surface area contributed by atoms with Gasteiger partial charge in [-0.3, -0.25) is 0 Å². The van der Waals surface area contributed by atoms with E-state index in [1.54, 1.807) is 0 Å². The minimum absolute atomic E-state index is 0.193. The van der Waals surface area contributed by atoms with Gasteiger partial charge in [-0.15, -0.1) is 0 Å². The van der Waals surface area contributed by atoms with Crippen molar-refractivity contribution in [2.45, 2.75) is 52.2 Å². The second-order valence-corrected chi connectivity index (χ2v) is 7.31. The van der Waals surface area contributed by atoms with Crippen LogP contribution in [0.1, 0.15) is 52.2 Å². The molecule has 22 heavy (non-hydrogen) atoms. The smallest absolute Gasteiger partial charge is 0.143 e. The molecule has 1 aliphatic rings. The minimum atomic E-state index is -0.454. The van der Waals surface area contributed by atoms with Crippen molar-refractivity contribution in [3.63, 3.8) is 0 Å². The molecule has 0 radical (unpaired) electrons. The highest BCUT2D eigenvalue weighted by Gasteiger charge is 2.32. The summed E-state index contributed by atoms with van der Waals surface area (Å²) in [5.74, 6) is 1.49. The van der Waals surface area contributed by atoms with Crippen LogP contribution in [0.3, 0.4) is 0 Å². The minimum Gasteiger partial charge on any atom is -0.484 e. The summed E-state index contributed by atoms with van der Waals surface area (Å²) in [6.45, 7) is 11.1. The van der Waals surface area contributed by atoms with Crippen LogP contribution in [0.4, 0.5) is 5.69 Å². The largest absolute Gasteiger partial charge is 0.484 e. The Kier molecular flexibility index (Phi) is 5.35. The van der Waals surface area contributed by atoms with Crippen molar-refractivity contribution in [3.8, 4) is 5.75 Å². The molecule has 1 aliphatic heterocycles. The molecule has 1 atom stereocenters. The van der Waals surface area contributed by atoms with Crippen LogP contribution in [-0.4, -0.2) is 30.3 Å². The zero-order valence-corrected chi connectivity index (χ0v) is 14.3. The van der Waals surface area contributed by atoms with Gasteiger partial charge in [0.2, 0.25) is 0 Å². The molecule has 4 heteroatoms. The van der Waals surface area contributed by atoms with Gasteiger partial charge in [-0.1, -0.05) is 19.9 Å². The molecule has 0 saturated carbocycles. The average molecular weight is 306 g/mol. The Morgan fingerprint density at radius 3 is 2.73 bits per heavy atom. The first-order chi connectivity index (χ1) is 10.3. The zero-order valence-electron chi connectivity index (χ0n) is 14.3. The van der Waals surface area contributed by atoms with Gasteiger partial charge in [-0.2, -0.15) is 0 Å². The summed E-state index contributed by atoms with van der Waals surface area (Å²) in [4.78, 5) is 2.38. The van der Waals surface area contributed by atoms with Crippen LogP contribution in [-0.2, 0) is 0 Å². The average Bonchev–Trinajstić information content (AvgIpc) is 2.42. The molecule has 0 bridgehead atoms. The Bertz CT molecular complexity index is 500. The van der Waals surface area contributed by atoms with Gasteiger partial charge in [0, 0.05) is 6.54 Å².